The third-order valence-electron chi connectivity index (χ3n) is 3.56. The molecule has 0 radical (unpaired) electrons. The molecular formula is C19H19N3O. The molecule has 0 N–H and O–H groups in total. The number of aliphatic imine (C=N–C) groups is 1. The molecule has 0 spiro atoms. The van der Waals surface area contributed by atoms with E-state index in [4.69, 9.17) is 9.73 Å². The average Bonchev–Trinajstić information content (AvgIpc) is 3.00. The van der Waals surface area contributed by atoms with Crippen molar-refractivity contribution in [3.05, 3.63) is 77.9 Å². The number of benzene rings is 2. The second-order valence-corrected chi connectivity index (χ2v) is 5.43. The van der Waals surface area contributed by atoms with Gasteiger partial charge in [-0.05, 0) is 24.6 Å². The SMILES string of the molecule is COc1ccc(C)cc1N=C(c1ccccc1)c1cn(C)cn1. The zero-order valence-electron chi connectivity index (χ0n) is 13.5. The predicted octanol–water partition coefficient (Wildman–Crippen LogP) is 3.91. The number of hydrogen-bond donors (Lipinski definition) is 0. The Morgan fingerprint density at radius 1 is 1.13 bits per heavy atom. The van der Waals surface area contributed by atoms with E-state index in [1.165, 1.54) is 0 Å². The fraction of sp³-hybridized carbons (Fsp3) is 0.158. The smallest absolute Gasteiger partial charge is 0.144 e. The van der Waals surface area contributed by atoms with E-state index in [0.29, 0.717) is 0 Å². The van der Waals surface area contributed by atoms with Gasteiger partial charge in [-0.25, -0.2) is 9.98 Å². The molecule has 2 aromatic carbocycles. The maximum absolute atomic E-state index is 5.45. The number of ether oxygens (including phenoxy) is 1. The van der Waals surface area contributed by atoms with Crippen LogP contribution in [0.3, 0.4) is 0 Å². The Hall–Kier alpha value is -2.88. The van der Waals surface area contributed by atoms with Gasteiger partial charge in [0, 0.05) is 18.8 Å². The number of nitrogens with zero attached hydrogens (tertiary/aromatic N) is 3. The Labute approximate surface area is 136 Å². The van der Waals surface area contributed by atoms with E-state index in [1.807, 2.05) is 73.3 Å². The molecule has 3 aromatic rings. The lowest BCUT2D eigenvalue weighted by atomic mass is 10.1. The van der Waals surface area contributed by atoms with Crippen LogP contribution in [0.1, 0.15) is 16.8 Å². The lowest BCUT2D eigenvalue weighted by Crippen LogP contribution is -2.03. The van der Waals surface area contributed by atoms with Crippen LogP contribution in [-0.4, -0.2) is 22.4 Å². The van der Waals surface area contributed by atoms with Crippen molar-refractivity contribution in [1.82, 2.24) is 9.55 Å². The Kier molecular flexibility index (Phi) is 4.24. The predicted molar refractivity (Wildman–Crippen MR) is 92.7 cm³/mol. The highest BCUT2D eigenvalue weighted by atomic mass is 16.5. The van der Waals surface area contributed by atoms with E-state index >= 15 is 0 Å². The van der Waals surface area contributed by atoms with Crippen molar-refractivity contribution >= 4 is 11.4 Å². The molecule has 0 aliphatic rings. The summed E-state index contributed by atoms with van der Waals surface area (Å²) in [6.07, 6.45) is 3.75. The number of imidazole rings is 1. The minimum atomic E-state index is 0.750. The lowest BCUT2D eigenvalue weighted by molar-refractivity contribution is 0.416. The maximum Gasteiger partial charge on any atom is 0.144 e. The third kappa shape index (κ3) is 3.31. The Morgan fingerprint density at radius 2 is 1.91 bits per heavy atom. The largest absolute Gasteiger partial charge is 0.494 e. The molecule has 116 valence electrons. The molecule has 1 heterocycles. The molecule has 0 saturated carbocycles. The van der Waals surface area contributed by atoms with Gasteiger partial charge in [-0.2, -0.15) is 0 Å². The van der Waals surface area contributed by atoms with E-state index in [0.717, 1.165) is 34.0 Å². The van der Waals surface area contributed by atoms with Gasteiger partial charge in [-0.1, -0.05) is 36.4 Å². The van der Waals surface area contributed by atoms with Gasteiger partial charge in [0.2, 0.25) is 0 Å². The molecule has 0 aliphatic heterocycles. The van der Waals surface area contributed by atoms with Crippen LogP contribution in [0.15, 0.2) is 66.0 Å². The molecule has 0 unspecified atom stereocenters. The Morgan fingerprint density at radius 3 is 2.57 bits per heavy atom. The summed E-state index contributed by atoms with van der Waals surface area (Å²) in [6.45, 7) is 2.04. The molecule has 4 heteroatoms. The first-order valence-corrected chi connectivity index (χ1v) is 7.44. The van der Waals surface area contributed by atoms with E-state index in [2.05, 4.69) is 4.98 Å². The van der Waals surface area contributed by atoms with Gasteiger partial charge >= 0.3 is 0 Å². The summed E-state index contributed by atoms with van der Waals surface area (Å²) in [7, 11) is 3.61. The summed E-state index contributed by atoms with van der Waals surface area (Å²) >= 11 is 0. The van der Waals surface area contributed by atoms with Crippen LogP contribution >= 0.6 is 0 Å². The van der Waals surface area contributed by atoms with Crippen molar-refractivity contribution in [1.29, 1.82) is 0 Å². The van der Waals surface area contributed by atoms with Crippen LogP contribution in [0.25, 0.3) is 0 Å². The van der Waals surface area contributed by atoms with Gasteiger partial charge in [0.1, 0.15) is 17.1 Å². The van der Waals surface area contributed by atoms with Crippen LogP contribution in [0.2, 0.25) is 0 Å². The number of rotatable bonds is 4. The van der Waals surface area contributed by atoms with Crippen LogP contribution in [0, 0.1) is 6.92 Å². The Balaban J connectivity index is 2.18. The van der Waals surface area contributed by atoms with Crippen molar-refractivity contribution in [2.24, 2.45) is 12.0 Å². The van der Waals surface area contributed by atoms with Gasteiger partial charge in [-0.15, -0.1) is 0 Å². The second-order valence-electron chi connectivity index (χ2n) is 5.43. The van der Waals surface area contributed by atoms with Crippen molar-refractivity contribution in [2.45, 2.75) is 6.92 Å². The maximum atomic E-state index is 5.45. The summed E-state index contributed by atoms with van der Waals surface area (Å²) in [5, 5.41) is 0. The quantitative estimate of drug-likeness (QED) is 0.686. The van der Waals surface area contributed by atoms with E-state index in [1.54, 1.807) is 13.4 Å². The first-order chi connectivity index (χ1) is 11.2. The highest BCUT2D eigenvalue weighted by Crippen LogP contribution is 2.29. The highest BCUT2D eigenvalue weighted by Gasteiger charge is 2.12. The molecule has 0 bridgehead atoms. The summed E-state index contributed by atoms with van der Waals surface area (Å²) in [6, 6.07) is 16.0. The molecule has 0 aliphatic carbocycles. The standard InChI is InChI=1S/C19H19N3O/c1-14-9-10-18(23-3)16(11-14)21-19(15-7-5-4-6-8-15)17-12-22(2)13-20-17/h4-13H,1-3H3. The van der Waals surface area contributed by atoms with E-state index < -0.39 is 0 Å². The highest BCUT2D eigenvalue weighted by molar-refractivity contribution is 6.12. The average molecular weight is 305 g/mol. The van der Waals surface area contributed by atoms with Gasteiger partial charge < -0.3 is 9.30 Å². The van der Waals surface area contributed by atoms with Crippen LogP contribution in [-0.2, 0) is 7.05 Å². The molecule has 3 rings (SSSR count). The molecule has 0 atom stereocenters. The minimum Gasteiger partial charge on any atom is -0.494 e. The van der Waals surface area contributed by atoms with Crippen molar-refractivity contribution < 1.29 is 4.74 Å². The van der Waals surface area contributed by atoms with Crippen molar-refractivity contribution in [3.8, 4) is 5.75 Å². The minimum absolute atomic E-state index is 0.750. The van der Waals surface area contributed by atoms with Crippen molar-refractivity contribution in [3.63, 3.8) is 0 Å². The van der Waals surface area contributed by atoms with Gasteiger partial charge in [0.05, 0.1) is 19.1 Å². The van der Waals surface area contributed by atoms with Crippen molar-refractivity contribution in [2.75, 3.05) is 7.11 Å². The molecule has 1 aromatic heterocycles. The van der Waals surface area contributed by atoms with Gasteiger partial charge in [-0.3, -0.25) is 0 Å². The number of aryl methyl sites for hydroxylation is 2. The molecular weight excluding hydrogens is 286 g/mol. The zero-order valence-corrected chi connectivity index (χ0v) is 13.5. The molecule has 0 saturated heterocycles. The summed E-state index contributed by atoms with van der Waals surface area (Å²) in [5.74, 6) is 0.750. The summed E-state index contributed by atoms with van der Waals surface area (Å²) in [4.78, 5) is 9.32. The monoisotopic (exact) mass is 305 g/mol. The van der Waals surface area contributed by atoms with E-state index in [9.17, 15) is 0 Å². The van der Waals surface area contributed by atoms with Crippen LogP contribution in [0.5, 0.6) is 5.75 Å². The number of aromatic nitrogens is 2. The fourth-order valence-electron chi connectivity index (χ4n) is 2.41. The topological polar surface area (TPSA) is 39.4 Å². The van der Waals surface area contributed by atoms with Crippen LogP contribution in [0.4, 0.5) is 5.69 Å². The van der Waals surface area contributed by atoms with Gasteiger partial charge in [0.15, 0.2) is 0 Å². The Bertz CT molecular complexity index is 835. The zero-order chi connectivity index (χ0) is 16.2. The number of hydrogen-bond acceptors (Lipinski definition) is 3. The molecule has 4 nitrogen and oxygen atoms in total. The molecule has 23 heavy (non-hydrogen) atoms. The first-order valence-electron chi connectivity index (χ1n) is 7.44. The third-order valence-corrected chi connectivity index (χ3v) is 3.56. The molecule has 0 fully saturated rings. The normalized spacial score (nSPS) is 11.5. The summed E-state index contributed by atoms with van der Waals surface area (Å²) < 4.78 is 7.36. The second kappa shape index (κ2) is 6.48. The van der Waals surface area contributed by atoms with Crippen LogP contribution < -0.4 is 4.74 Å². The lowest BCUT2D eigenvalue weighted by Gasteiger charge is -2.09. The van der Waals surface area contributed by atoms with E-state index in [-0.39, 0.29) is 0 Å². The fourth-order valence-corrected chi connectivity index (χ4v) is 2.41. The van der Waals surface area contributed by atoms with Gasteiger partial charge in [0.25, 0.3) is 0 Å². The summed E-state index contributed by atoms with van der Waals surface area (Å²) in [5.41, 5.74) is 4.63. The first kappa shape index (κ1) is 15.0. The molecule has 0 amide bonds. The number of methoxy groups -OCH3 is 1.